The molecule has 6 heteroatoms. The Kier molecular flexibility index (Phi) is 6.85. The number of rotatable bonds is 5. The van der Waals surface area contributed by atoms with E-state index < -0.39 is 0 Å². The predicted molar refractivity (Wildman–Crippen MR) is 95.8 cm³/mol. The minimum atomic E-state index is -0.196. The van der Waals surface area contributed by atoms with Gasteiger partial charge in [0.25, 0.3) is 5.91 Å². The molecular formula is C16H24N4OS. The van der Waals surface area contributed by atoms with Crippen molar-refractivity contribution in [3.05, 3.63) is 41.0 Å². The highest BCUT2D eigenvalue weighted by atomic mass is 32.1. The van der Waals surface area contributed by atoms with Gasteiger partial charge in [-0.3, -0.25) is 15.6 Å². The summed E-state index contributed by atoms with van der Waals surface area (Å²) in [7, 11) is 0. The first-order valence-corrected chi connectivity index (χ1v) is 7.49. The van der Waals surface area contributed by atoms with Crippen LogP contribution in [0.3, 0.4) is 0 Å². The van der Waals surface area contributed by atoms with E-state index in [2.05, 4.69) is 47.1 Å². The maximum atomic E-state index is 11.8. The number of carbonyl (C=O) groups excluding carboxylic acids is 1. The van der Waals surface area contributed by atoms with Crippen molar-refractivity contribution in [1.29, 1.82) is 0 Å². The Bertz CT molecular complexity index is 561. The summed E-state index contributed by atoms with van der Waals surface area (Å²) < 4.78 is 0. The molecule has 0 atom stereocenters. The number of carbonyl (C=O) groups is 1. The lowest BCUT2D eigenvalue weighted by molar-refractivity contribution is -0.119. The number of anilines is 1. The third kappa shape index (κ3) is 6.13. The summed E-state index contributed by atoms with van der Waals surface area (Å²) >= 11 is 5.03. The van der Waals surface area contributed by atoms with E-state index in [1.165, 1.54) is 5.56 Å². The topological polar surface area (TPSA) is 65.2 Å². The Morgan fingerprint density at radius 2 is 1.73 bits per heavy atom. The summed E-state index contributed by atoms with van der Waals surface area (Å²) in [5.41, 5.74) is 10.6. The van der Waals surface area contributed by atoms with Gasteiger partial charge in [0.2, 0.25) is 0 Å². The number of hydrazine groups is 1. The molecule has 0 radical (unpaired) electrons. The minimum Gasteiger partial charge on any atom is -0.376 e. The molecule has 0 heterocycles. The first-order chi connectivity index (χ1) is 10.3. The Hall–Kier alpha value is -2.08. The highest BCUT2D eigenvalue weighted by Crippen LogP contribution is 2.21. The van der Waals surface area contributed by atoms with Crippen molar-refractivity contribution in [2.24, 2.45) is 0 Å². The van der Waals surface area contributed by atoms with Gasteiger partial charge in [0.05, 0.1) is 6.54 Å². The molecular weight excluding hydrogens is 296 g/mol. The average Bonchev–Trinajstić information content (AvgIpc) is 2.41. The second-order valence-corrected chi connectivity index (χ2v) is 5.85. The largest absolute Gasteiger partial charge is 0.376 e. The van der Waals surface area contributed by atoms with E-state index in [1.54, 1.807) is 0 Å². The fourth-order valence-electron chi connectivity index (χ4n) is 2.07. The van der Waals surface area contributed by atoms with Crippen molar-refractivity contribution in [2.45, 2.75) is 27.7 Å². The summed E-state index contributed by atoms with van der Waals surface area (Å²) in [6, 6.07) is 4.17. The van der Waals surface area contributed by atoms with Gasteiger partial charge in [-0.05, 0) is 51.0 Å². The standard InChI is InChI=1S/C16H24N4OS/c1-10(2)8-18-16(22)20-19-14(21)9-17-15-12(4)6-11(3)7-13(15)5/h6-7,17H,1,8-9H2,2-5H3,(H,19,21)(H2,18,20,22). The van der Waals surface area contributed by atoms with Crippen molar-refractivity contribution in [3.63, 3.8) is 0 Å². The van der Waals surface area contributed by atoms with Crippen LogP contribution >= 0.6 is 12.2 Å². The van der Waals surface area contributed by atoms with Crippen LogP contribution in [-0.2, 0) is 4.79 Å². The van der Waals surface area contributed by atoms with E-state index in [9.17, 15) is 4.79 Å². The van der Waals surface area contributed by atoms with Crippen LogP contribution in [-0.4, -0.2) is 24.1 Å². The second kappa shape index (κ2) is 8.38. The molecule has 1 aromatic carbocycles. The van der Waals surface area contributed by atoms with Gasteiger partial charge in [0.15, 0.2) is 5.11 Å². The SMILES string of the molecule is C=C(C)CNC(=S)NNC(=O)CNc1c(C)cc(C)cc1C. The summed E-state index contributed by atoms with van der Waals surface area (Å²) in [6.45, 7) is 12.5. The van der Waals surface area contributed by atoms with Gasteiger partial charge >= 0.3 is 0 Å². The van der Waals surface area contributed by atoms with Crippen LogP contribution in [0.15, 0.2) is 24.3 Å². The molecule has 0 saturated heterocycles. The van der Waals surface area contributed by atoms with Crippen molar-refractivity contribution in [1.82, 2.24) is 16.2 Å². The molecule has 22 heavy (non-hydrogen) atoms. The molecule has 1 rings (SSSR count). The molecule has 4 N–H and O–H groups in total. The van der Waals surface area contributed by atoms with Crippen molar-refractivity contribution < 1.29 is 4.79 Å². The zero-order valence-corrected chi connectivity index (χ0v) is 14.4. The molecule has 0 unspecified atom stereocenters. The van der Waals surface area contributed by atoms with Crippen molar-refractivity contribution in [2.75, 3.05) is 18.4 Å². The number of aryl methyl sites for hydroxylation is 3. The van der Waals surface area contributed by atoms with Crippen molar-refractivity contribution in [3.8, 4) is 0 Å². The van der Waals surface area contributed by atoms with Crippen LogP contribution in [0.25, 0.3) is 0 Å². The summed E-state index contributed by atoms with van der Waals surface area (Å²) in [4.78, 5) is 11.8. The number of amides is 1. The molecule has 0 aromatic heterocycles. The number of hydrogen-bond acceptors (Lipinski definition) is 3. The highest BCUT2D eigenvalue weighted by molar-refractivity contribution is 7.80. The molecule has 5 nitrogen and oxygen atoms in total. The van der Waals surface area contributed by atoms with E-state index in [0.29, 0.717) is 11.7 Å². The molecule has 0 aliphatic rings. The molecule has 0 aliphatic carbocycles. The molecule has 0 fully saturated rings. The van der Waals surface area contributed by atoms with E-state index in [0.717, 1.165) is 22.4 Å². The maximum absolute atomic E-state index is 11.8. The van der Waals surface area contributed by atoms with E-state index >= 15 is 0 Å². The van der Waals surface area contributed by atoms with E-state index in [4.69, 9.17) is 12.2 Å². The Morgan fingerprint density at radius 3 is 2.27 bits per heavy atom. The van der Waals surface area contributed by atoms with Gasteiger partial charge in [-0.25, -0.2) is 0 Å². The molecule has 0 bridgehead atoms. The summed E-state index contributed by atoms with van der Waals surface area (Å²) in [5.74, 6) is -0.196. The molecule has 1 aromatic rings. The van der Waals surface area contributed by atoms with Gasteiger partial charge in [-0.15, -0.1) is 0 Å². The fourth-order valence-corrected chi connectivity index (χ4v) is 2.20. The number of benzene rings is 1. The van der Waals surface area contributed by atoms with Gasteiger partial charge in [0.1, 0.15) is 0 Å². The Balaban J connectivity index is 2.41. The van der Waals surface area contributed by atoms with Gasteiger partial charge in [-0.2, -0.15) is 0 Å². The first-order valence-electron chi connectivity index (χ1n) is 7.08. The lowest BCUT2D eigenvalue weighted by Gasteiger charge is -2.15. The van der Waals surface area contributed by atoms with Crippen molar-refractivity contribution >= 4 is 28.9 Å². The summed E-state index contributed by atoms with van der Waals surface area (Å²) in [6.07, 6.45) is 0. The van der Waals surface area contributed by atoms with Crippen LogP contribution in [0.5, 0.6) is 0 Å². The zero-order chi connectivity index (χ0) is 16.7. The number of hydrogen-bond donors (Lipinski definition) is 4. The van der Waals surface area contributed by atoms with Gasteiger partial charge in [0, 0.05) is 12.2 Å². The average molecular weight is 320 g/mol. The Morgan fingerprint density at radius 1 is 1.14 bits per heavy atom. The maximum Gasteiger partial charge on any atom is 0.257 e. The van der Waals surface area contributed by atoms with Gasteiger partial charge < -0.3 is 10.6 Å². The third-order valence-corrected chi connectivity index (χ3v) is 3.22. The normalized spacial score (nSPS) is 9.82. The molecule has 0 spiro atoms. The minimum absolute atomic E-state index is 0.168. The van der Waals surface area contributed by atoms with Gasteiger partial charge in [-0.1, -0.05) is 29.8 Å². The highest BCUT2D eigenvalue weighted by Gasteiger charge is 2.06. The monoisotopic (exact) mass is 320 g/mol. The lowest BCUT2D eigenvalue weighted by atomic mass is 10.1. The van der Waals surface area contributed by atoms with Crippen LogP contribution in [0.1, 0.15) is 23.6 Å². The lowest BCUT2D eigenvalue weighted by Crippen LogP contribution is -2.48. The quantitative estimate of drug-likeness (QED) is 0.380. The third-order valence-electron chi connectivity index (χ3n) is 2.97. The second-order valence-electron chi connectivity index (χ2n) is 5.44. The van der Waals surface area contributed by atoms with Crippen LogP contribution in [0.2, 0.25) is 0 Å². The molecule has 0 saturated carbocycles. The zero-order valence-electron chi connectivity index (χ0n) is 13.6. The molecule has 1 amide bonds. The number of nitrogens with one attached hydrogen (secondary N) is 4. The number of thiocarbonyl (C=S) groups is 1. The predicted octanol–water partition coefficient (Wildman–Crippen LogP) is 2.10. The van der Waals surface area contributed by atoms with Crippen LogP contribution < -0.4 is 21.5 Å². The van der Waals surface area contributed by atoms with Crippen LogP contribution in [0.4, 0.5) is 5.69 Å². The smallest absolute Gasteiger partial charge is 0.257 e. The summed E-state index contributed by atoms with van der Waals surface area (Å²) in [5, 5.41) is 6.43. The molecule has 120 valence electrons. The first kappa shape index (κ1) is 18.0. The van der Waals surface area contributed by atoms with Crippen LogP contribution in [0, 0.1) is 20.8 Å². The Labute approximate surface area is 137 Å². The van der Waals surface area contributed by atoms with E-state index in [1.807, 2.05) is 20.8 Å². The van der Waals surface area contributed by atoms with E-state index in [-0.39, 0.29) is 12.5 Å². The molecule has 0 aliphatic heterocycles. The fraction of sp³-hybridized carbons (Fsp3) is 0.375.